The van der Waals surface area contributed by atoms with Gasteiger partial charge in [0.25, 0.3) is 0 Å². The smallest absolute Gasteiger partial charge is 0.133 e. The fourth-order valence-electron chi connectivity index (χ4n) is 1.99. The van der Waals surface area contributed by atoms with Crippen molar-refractivity contribution < 1.29 is 4.79 Å². The second kappa shape index (κ2) is 4.18. The third kappa shape index (κ3) is 2.01. The van der Waals surface area contributed by atoms with E-state index >= 15 is 0 Å². The number of ketones is 1. The molecule has 74 valence electrons. The summed E-state index contributed by atoms with van der Waals surface area (Å²) in [5, 5.41) is 0. The van der Waals surface area contributed by atoms with Crippen molar-refractivity contribution in [1.82, 2.24) is 0 Å². The minimum atomic E-state index is 0.421. The zero-order chi connectivity index (χ0) is 9.97. The summed E-state index contributed by atoms with van der Waals surface area (Å²) in [4.78, 5) is 12.5. The molecule has 1 fully saturated rings. The monoisotopic (exact) mass is 206 g/mol. The van der Waals surface area contributed by atoms with Gasteiger partial charge in [-0.25, -0.2) is 0 Å². The van der Waals surface area contributed by atoms with Gasteiger partial charge in [0.15, 0.2) is 0 Å². The summed E-state index contributed by atoms with van der Waals surface area (Å²) in [7, 11) is 0. The lowest BCUT2D eigenvalue weighted by molar-refractivity contribution is -0.117. The van der Waals surface area contributed by atoms with Crippen LogP contribution in [-0.2, 0) is 4.79 Å². The van der Waals surface area contributed by atoms with Crippen molar-refractivity contribution in [3.63, 3.8) is 0 Å². The Balaban J connectivity index is 2.19. The van der Waals surface area contributed by atoms with Gasteiger partial charge < -0.3 is 0 Å². The van der Waals surface area contributed by atoms with E-state index in [0.717, 1.165) is 19.3 Å². The van der Waals surface area contributed by atoms with Gasteiger partial charge in [0, 0.05) is 17.7 Å². The summed E-state index contributed by atoms with van der Waals surface area (Å²) in [6.45, 7) is 0. The highest BCUT2D eigenvalue weighted by Crippen LogP contribution is 2.33. The van der Waals surface area contributed by atoms with E-state index < -0.39 is 0 Å². The average molecular weight is 206 g/mol. The van der Waals surface area contributed by atoms with Gasteiger partial charge in [-0.1, -0.05) is 12.1 Å². The standard InChI is InChI=1S/C12H14OS/c1-14-12-4-2-3-9(8-12)10-5-6-11(13)7-10/h2-4,8,10H,5-7H2,1H3. The van der Waals surface area contributed by atoms with Crippen molar-refractivity contribution in [2.24, 2.45) is 0 Å². The van der Waals surface area contributed by atoms with Crippen molar-refractivity contribution in [1.29, 1.82) is 0 Å². The van der Waals surface area contributed by atoms with Crippen molar-refractivity contribution >= 4 is 17.5 Å². The fraction of sp³-hybridized carbons (Fsp3) is 0.417. The van der Waals surface area contributed by atoms with Gasteiger partial charge in [-0.2, -0.15) is 0 Å². The Hall–Kier alpha value is -0.760. The number of carbonyl (C=O) groups excluding carboxylic acids is 1. The Morgan fingerprint density at radius 1 is 1.43 bits per heavy atom. The molecule has 0 bridgehead atoms. The first-order valence-corrected chi connectivity index (χ1v) is 6.17. The SMILES string of the molecule is CSc1cccc(C2CCC(=O)C2)c1. The number of benzene rings is 1. The maximum Gasteiger partial charge on any atom is 0.133 e. The third-order valence-electron chi connectivity index (χ3n) is 2.81. The molecule has 0 aliphatic heterocycles. The molecule has 0 aromatic heterocycles. The highest BCUT2D eigenvalue weighted by molar-refractivity contribution is 7.98. The summed E-state index contributed by atoms with van der Waals surface area (Å²) in [6.07, 6.45) is 4.64. The van der Waals surface area contributed by atoms with Gasteiger partial charge in [-0.05, 0) is 36.3 Å². The zero-order valence-corrected chi connectivity index (χ0v) is 9.14. The summed E-state index contributed by atoms with van der Waals surface area (Å²) in [5.41, 5.74) is 1.34. The van der Waals surface area contributed by atoms with Crippen molar-refractivity contribution in [2.75, 3.05) is 6.26 Å². The highest BCUT2D eigenvalue weighted by atomic mass is 32.2. The van der Waals surface area contributed by atoms with E-state index in [1.807, 2.05) is 0 Å². The average Bonchev–Trinajstić information content (AvgIpc) is 2.65. The maximum absolute atomic E-state index is 11.2. The first-order chi connectivity index (χ1) is 6.79. The molecule has 1 nitrogen and oxygen atoms in total. The van der Waals surface area contributed by atoms with E-state index in [9.17, 15) is 4.79 Å². The van der Waals surface area contributed by atoms with Crippen LogP contribution in [0.5, 0.6) is 0 Å². The van der Waals surface area contributed by atoms with Crippen LogP contribution in [0.1, 0.15) is 30.7 Å². The maximum atomic E-state index is 11.2. The van der Waals surface area contributed by atoms with Crippen LogP contribution in [0, 0.1) is 0 Å². The lowest BCUT2D eigenvalue weighted by Crippen LogP contribution is -1.94. The largest absolute Gasteiger partial charge is 0.300 e. The highest BCUT2D eigenvalue weighted by Gasteiger charge is 2.23. The quantitative estimate of drug-likeness (QED) is 0.691. The van der Waals surface area contributed by atoms with Crippen LogP contribution in [0.3, 0.4) is 0 Å². The topological polar surface area (TPSA) is 17.1 Å². The van der Waals surface area contributed by atoms with Gasteiger partial charge >= 0.3 is 0 Å². The van der Waals surface area contributed by atoms with Crippen molar-refractivity contribution in [3.05, 3.63) is 29.8 Å². The Morgan fingerprint density at radius 3 is 2.93 bits per heavy atom. The molecule has 1 unspecified atom stereocenters. The number of hydrogen-bond acceptors (Lipinski definition) is 2. The second-order valence-corrected chi connectivity index (χ2v) is 4.63. The van der Waals surface area contributed by atoms with Crippen LogP contribution in [-0.4, -0.2) is 12.0 Å². The molecule has 1 aromatic carbocycles. The Bertz CT molecular complexity index is 346. The lowest BCUT2D eigenvalue weighted by atomic mass is 9.98. The summed E-state index contributed by atoms with van der Waals surface area (Å²) in [6, 6.07) is 8.56. The van der Waals surface area contributed by atoms with Crippen LogP contribution in [0.25, 0.3) is 0 Å². The van der Waals surface area contributed by atoms with Gasteiger partial charge in [0.2, 0.25) is 0 Å². The van der Waals surface area contributed by atoms with Crippen LogP contribution >= 0.6 is 11.8 Å². The van der Waals surface area contributed by atoms with Crippen LogP contribution < -0.4 is 0 Å². The minimum absolute atomic E-state index is 0.421. The number of Topliss-reactive ketones (excluding diaryl/α,β-unsaturated/α-hetero) is 1. The predicted octanol–water partition coefficient (Wildman–Crippen LogP) is 3.25. The van der Waals surface area contributed by atoms with Crippen molar-refractivity contribution in [2.45, 2.75) is 30.1 Å². The first kappa shape index (κ1) is 9.78. The van der Waals surface area contributed by atoms with E-state index in [1.165, 1.54) is 10.5 Å². The molecule has 0 radical (unpaired) electrons. The molecule has 14 heavy (non-hydrogen) atoms. The summed E-state index contributed by atoms with van der Waals surface area (Å²) >= 11 is 1.76. The minimum Gasteiger partial charge on any atom is -0.300 e. The molecule has 1 aliphatic rings. The van der Waals surface area contributed by atoms with Crippen molar-refractivity contribution in [3.8, 4) is 0 Å². The van der Waals surface area contributed by atoms with Crippen LogP contribution in [0.2, 0.25) is 0 Å². The Kier molecular flexibility index (Phi) is 2.92. The van der Waals surface area contributed by atoms with Crippen LogP contribution in [0.4, 0.5) is 0 Å². The molecule has 0 N–H and O–H groups in total. The van der Waals surface area contributed by atoms with Gasteiger partial charge in [0.1, 0.15) is 5.78 Å². The van der Waals surface area contributed by atoms with E-state index in [1.54, 1.807) is 11.8 Å². The molecule has 2 heteroatoms. The zero-order valence-electron chi connectivity index (χ0n) is 8.32. The van der Waals surface area contributed by atoms with E-state index in [4.69, 9.17) is 0 Å². The molecule has 0 spiro atoms. The molecule has 1 atom stereocenters. The molecule has 2 rings (SSSR count). The first-order valence-electron chi connectivity index (χ1n) is 4.95. The molecule has 0 amide bonds. The second-order valence-electron chi connectivity index (χ2n) is 3.76. The molecule has 0 heterocycles. The predicted molar refractivity (Wildman–Crippen MR) is 59.8 cm³/mol. The number of carbonyl (C=O) groups is 1. The van der Waals surface area contributed by atoms with E-state index in [2.05, 4.69) is 30.5 Å². The fourth-order valence-corrected chi connectivity index (χ4v) is 2.46. The summed E-state index contributed by atoms with van der Waals surface area (Å²) in [5.74, 6) is 0.902. The van der Waals surface area contributed by atoms with Crippen LogP contribution in [0.15, 0.2) is 29.2 Å². The number of rotatable bonds is 2. The number of thioether (sulfide) groups is 1. The molecule has 1 aliphatic carbocycles. The summed E-state index contributed by atoms with van der Waals surface area (Å²) < 4.78 is 0. The van der Waals surface area contributed by atoms with E-state index in [0.29, 0.717) is 11.7 Å². The number of hydrogen-bond donors (Lipinski definition) is 0. The molecule has 1 saturated carbocycles. The molecule has 1 aromatic rings. The normalized spacial score (nSPS) is 21.5. The third-order valence-corrected chi connectivity index (χ3v) is 3.54. The Labute approximate surface area is 88.9 Å². The lowest BCUT2D eigenvalue weighted by Gasteiger charge is -2.09. The van der Waals surface area contributed by atoms with Gasteiger partial charge in [-0.3, -0.25) is 4.79 Å². The van der Waals surface area contributed by atoms with Gasteiger partial charge in [0.05, 0.1) is 0 Å². The molecule has 0 saturated heterocycles. The Morgan fingerprint density at radius 2 is 2.29 bits per heavy atom. The molecular formula is C12H14OS. The molecular weight excluding hydrogens is 192 g/mol. The van der Waals surface area contributed by atoms with E-state index in [-0.39, 0.29) is 0 Å². The van der Waals surface area contributed by atoms with Gasteiger partial charge in [-0.15, -0.1) is 11.8 Å².